The standard InChI is InChI=1S/C16H25N3O3S/c20-23(21)8-6-14(12-23)10-18-16(19-15-3-1-2-4-15)17-9-13-5-7-22-11-13/h5,7,11,14-15H,1-4,6,8-10,12H2,(H2,17,18,19). The maximum absolute atomic E-state index is 11.6. The van der Waals surface area contributed by atoms with Gasteiger partial charge in [0, 0.05) is 18.2 Å². The molecule has 1 unspecified atom stereocenters. The molecule has 0 aromatic carbocycles. The van der Waals surface area contributed by atoms with Crippen LogP contribution in [0.4, 0.5) is 0 Å². The van der Waals surface area contributed by atoms with Gasteiger partial charge in [-0.25, -0.2) is 13.4 Å². The Hall–Kier alpha value is -1.50. The summed E-state index contributed by atoms with van der Waals surface area (Å²) < 4.78 is 28.2. The molecule has 0 spiro atoms. The van der Waals surface area contributed by atoms with E-state index >= 15 is 0 Å². The molecule has 0 amide bonds. The quantitative estimate of drug-likeness (QED) is 0.630. The highest BCUT2D eigenvalue weighted by Crippen LogP contribution is 2.19. The normalized spacial score (nSPS) is 24.9. The molecule has 3 rings (SSSR count). The van der Waals surface area contributed by atoms with Gasteiger partial charge in [0.15, 0.2) is 15.8 Å². The molecule has 0 radical (unpaired) electrons. The van der Waals surface area contributed by atoms with E-state index in [0.29, 0.717) is 30.6 Å². The zero-order chi connectivity index (χ0) is 16.1. The van der Waals surface area contributed by atoms with Crippen LogP contribution in [0, 0.1) is 5.92 Å². The van der Waals surface area contributed by atoms with Gasteiger partial charge in [-0.2, -0.15) is 0 Å². The summed E-state index contributed by atoms with van der Waals surface area (Å²) in [6.45, 7) is 1.21. The molecule has 1 saturated carbocycles. The highest BCUT2D eigenvalue weighted by molar-refractivity contribution is 7.91. The second-order valence-electron chi connectivity index (χ2n) is 6.57. The molecular weight excluding hydrogens is 314 g/mol. The minimum absolute atomic E-state index is 0.185. The van der Waals surface area contributed by atoms with Crippen molar-refractivity contribution in [2.24, 2.45) is 10.9 Å². The van der Waals surface area contributed by atoms with Gasteiger partial charge in [0.2, 0.25) is 0 Å². The van der Waals surface area contributed by atoms with Crippen LogP contribution < -0.4 is 10.6 Å². The summed E-state index contributed by atoms with van der Waals surface area (Å²) in [5, 5.41) is 6.81. The third-order valence-electron chi connectivity index (χ3n) is 4.58. The first-order valence-electron chi connectivity index (χ1n) is 8.37. The van der Waals surface area contributed by atoms with Gasteiger partial charge in [-0.15, -0.1) is 0 Å². The largest absolute Gasteiger partial charge is 0.472 e. The molecule has 23 heavy (non-hydrogen) atoms. The number of rotatable bonds is 5. The molecule has 6 nitrogen and oxygen atoms in total. The average molecular weight is 339 g/mol. The number of nitrogens with zero attached hydrogens (tertiary/aromatic N) is 1. The van der Waals surface area contributed by atoms with Crippen LogP contribution in [0.1, 0.15) is 37.7 Å². The van der Waals surface area contributed by atoms with Crippen molar-refractivity contribution in [2.45, 2.75) is 44.7 Å². The minimum atomic E-state index is -2.83. The summed E-state index contributed by atoms with van der Waals surface area (Å²) in [6.07, 6.45) is 8.94. The van der Waals surface area contributed by atoms with Gasteiger partial charge < -0.3 is 15.1 Å². The number of hydrogen-bond acceptors (Lipinski definition) is 4. The molecule has 2 N–H and O–H groups in total. The Morgan fingerprint density at radius 3 is 2.78 bits per heavy atom. The number of nitrogens with one attached hydrogen (secondary N) is 2. The molecule has 1 atom stereocenters. The highest BCUT2D eigenvalue weighted by atomic mass is 32.2. The summed E-state index contributed by atoms with van der Waals surface area (Å²) in [5.74, 6) is 1.57. The van der Waals surface area contributed by atoms with Crippen LogP contribution in [0.3, 0.4) is 0 Å². The lowest BCUT2D eigenvalue weighted by molar-refractivity contribution is 0.552. The molecule has 1 aliphatic carbocycles. The van der Waals surface area contributed by atoms with Crippen molar-refractivity contribution < 1.29 is 12.8 Å². The van der Waals surface area contributed by atoms with E-state index in [1.165, 1.54) is 25.7 Å². The lowest BCUT2D eigenvalue weighted by Crippen LogP contribution is -2.44. The van der Waals surface area contributed by atoms with Crippen molar-refractivity contribution >= 4 is 15.8 Å². The summed E-state index contributed by atoms with van der Waals surface area (Å²) in [7, 11) is -2.83. The van der Waals surface area contributed by atoms with Crippen molar-refractivity contribution in [1.82, 2.24) is 10.6 Å². The van der Waals surface area contributed by atoms with Crippen LogP contribution in [-0.2, 0) is 16.4 Å². The van der Waals surface area contributed by atoms with Gasteiger partial charge >= 0.3 is 0 Å². The van der Waals surface area contributed by atoms with Crippen LogP contribution in [0.5, 0.6) is 0 Å². The fourth-order valence-electron chi connectivity index (χ4n) is 3.24. The Labute approximate surface area is 137 Å². The summed E-state index contributed by atoms with van der Waals surface area (Å²) in [4.78, 5) is 4.61. The molecule has 2 heterocycles. The molecule has 1 aromatic heterocycles. The van der Waals surface area contributed by atoms with Gasteiger partial charge in [-0.3, -0.25) is 0 Å². The second kappa shape index (κ2) is 7.38. The van der Waals surface area contributed by atoms with Crippen molar-refractivity contribution in [3.05, 3.63) is 24.2 Å². The Morgan fingerprint density at radius 1 is 1.30 bits per heavy atom. The molecule has 1 saturated heterocycles. The number of guanidine groups is 1. The Kier molecular flexibility index (Phi) is 5.25. The number of hydrogen-bond donors (Lipinski definition) is 2. The van der Waals surface area contributed by atoms with Gasteiger partial charge in [0.25, 0.3) is 0 Å². The van der Waals surface area contributed by atoms with Gasteiger partial charge in [0.1, 0.15) is 0 Å². The van der Waals surface area contributed by atoms with Crippen LogP contribution >= 0.6 is 0 Å². The van der Waals surface area contributed by atoms with E-state index in [1.807, 2.05) is 6.07 Å². The lowest BCUT2D eigenvalue weighted by atomic mass is 10.1. The fourth-order valence-corrected chi connectivity index (χ4v) is 5.10. The van der Waals surface area contributed by atoms with E-state index in [9.17, 15) is 8.42 Å². The maximum atomic E-state index is 11.6. The first kappa shape index (κ1) is 16.4. The van der Waals surface area contributed by atoms with Crippen molar-refractivity contribution in [3.63, 3.8) is 0 Å². The zero-order valence-corrected chi connectivity index (χ0v) is 14.1. The SMILES string of the molecule is O=S1(=O)CCC(CNC(=NCc2ccoc2)NC2CCCC2)C1. The molecule has 7 heteroatoms. The smallest absolute Gasteiger partial charge is 0.191 e. The third-order valence-corrected chi connectivity index (χ3v) is 6.42. The number of aliphatic imine (C=N–C) groups is 1. The highest BCUT2D eigenvalue weighted by Gasteiger charge is 2.28. The first-order chi connectivity index (χ1) is 11.1. The summed E-state index contributed by atoms with van der Waals surface area (Å²) in [6, 6.07) is 2.37. The summed E-state index contributed by atoms with van der Waals surface area (Å²) >= 11 is 0. The Morgan fingerprint density at radius 2 is 2.13 bits per heavy atom. The predicted octanol–water partition coefficient (Wildman–Crippen LogP) is 1.69. The van der Waals surface area contributed by atoms with Crippen LogP contribution in [0.2, 0.25) is 0 Å². The van der Waals surface area contributed by atoms with Crippen molar-refractivity contribution in [3.8, 4) is 0 Å². The molecular formula is C16H25N3O3S. The van der Waals surface area contributed by atoms with E-state index in [0.717, 1.165) is 17.9 Å². The van der Waals surface area contributed by atoms with E-state index < -0.39 is 9.84 Å². The van der Waals surface area contributed by atoms with Crippen molar-refractivity contribution in [1.29, 1.82) is 0 Å². The molecule has 128 valence electrons. The van der Waals surface area contributed by atoms with E-state index in [-0.39, 0.29) is 5.92 Å². The molecule has 1 aromatic rings. The van der Waals surface area contributed by atoms with Crippen LogP contribution in [0.25, 0.3) is 0 Å². The van der Waals surface area contributed by atoms with Crippen molar-refractivity contribution in [2.75, 3.05) is 18.1 Å². The van der Waals surface area contributed by atoms with E-state index in [2.05, 4.69) is 15.6 Å². The van der Waals surface area contributed by atoms with Gasteiger partial charge in [-0.05, 0) is 31.2 Å². The van der Waals surface area contributed by atoms with Gasteiger partial charge in [-0.1, -0.05) is 12.8 Å². The zero-order valence-electron chi connectivity index (χ0n) is 13.3. The minimum Gasteiger partial charge on any atom is -0.472 e. The Balaban J connectivity index is 1.56. The first-order valence-corrected chi connectivity index (χ1v) is 10.2. The monoisotopic (exact) mass is 339 g/mol. The maximum Gasteiger partial charge on any atom is 0.191 e. The number of sulfone groups is 1. The van der Waals surface area contributed by atoms with Crippen LogP contribution in [-0.4, -0.2) is 38.5 Å². The average Bonchev–Trinajstić information content (AvgIpc) is 3.24. The van der Waals surface area contributed by atoms with E-state index in [4.69, 9.17) is 4.42 Å². The summed E-state index contributed by atoms with van der Waals surface area (Å²) in [5.41, 5.74) is 1.03. The predicted molar refractivity (Wildman–Crippen MR) is 90.0 cm³/mol. The molecule has 0 bridgehead atoms. The topological polar surface area (TPSA) is 83.7 Å². The fraction of sp³-hybridized carbons (Fsp3) is 0.688. The lowest BCUT2D eigenvalue weighted by Gasteiger charge is -2.19. The molecule has 2 fully saturated rings. The van der Waals surface area contributed by atoms with Gasteiger partial charge in [0.05, 0.1) is 30.6 Å². The Bertz CT molecular complexity index is 619. The third kappa shape index (κ3) is 4.99. The second-order valence-corrected chi connectivity index (χ2v) is 8.80. The number of furan rings is 1. The van der Waals surface area contributed by atoms with E-state index in [1.54, 1.807) is 12.5 Å². The van der Waals surface area contributed by atoms with Crippen LogP contribution in [0.15, 0.2) is 28.0 Å². The molecule has 2 aliphatic rings. The molecule has 1 aliphatic heterocycles.